The summed E-state index contributed by atoms with van der Waals surface area (Å²) >= 11 is 28.2. The molecule has 12 heterocycles. The third-order valence-corrected chi connectivity index (χ3v) is 20.8. The molecule has 38 heteroatoms. The van der Waals surface area contributed by atoms with Crippen molar-refractivity contribution in [1.82, 2.24) is 89.8 Å². The second-order valence-corrected chi connectivity index (χ2v) is 31.5. The Morgan fingerprint density at radius 3 is 1.07 bits per heavy atom. The lowest BCUT2D eigenvalue weighted by Crippen LogP contribution is -2.38. The van der Waals surface area contributed by atoms with Gasteiger partial charge < -0.3 is 81.0 Å². The number of hydrogen-bond acceptors (Lipinski definition) is 30. The van der Waals surface area contributed by atoms with Gasteiger partial charge >= 0.3 is 12.0 Å². The van der Waals surface area contributed by atoms with Crippen molar-refractivity contribution in [3.8, 4) is 81.7 Å². The number of fused-ring (bicyclic) bond motifs is 4. The molecular weight excluding hydrogens is 1690 g/mol. The first-order valence-corrected chi connectivity index (χ1v) is 42.5. The largest absolute Gasteiger partial charge is 0.491 e. The van der Waals surface area contributed by atoms with Gasteiger partial charge in [0.1, 0.15) is 126 Å². The van der Waals surface area contributed by atoms with E-state index in [-0.39, 0.29) is 57.2 Å². The molecule has 4 N–H and O–H groups in total. The highest BCUT2D eigenvalue weighted by Crippen LogP contribution is 2.44. The normalized spacial score (nSPS) is 14.7. The Balaban J connectivity index is 0.000000159. The third-order valence-electron chi connectivity index (χ3n) is 18.5. The lowest BCUT2D eigenvalue weighted by atomic mass is 10.2. The molecule has 0 spiro atoms. The van der Waals surface area contributed by atoms with E-state index in [2.05, 4.69) is 84.9 Å². The van der Waals surface area contributed by atoms with Crippen molar-refractivity contribution < 1.29 is 71.1 Å². The maximum atomic E-state index is 6.72. The second-order valence-electron chi connectivity index (χ2n) is 29.0. The number of rotatable bonds is 32. The summed E-state index contributed by atoms with van der Waals surface area (Å²) in [4.78, 5) is 50.1. The van der Waals surface area contributed by atoms with Crippen LogP contribution >= 0.6 is 58.2 Å². The van der Waals surface area contributed by atoms with E-state index in [0.29, 0.717) is 132 Å². The van der Waals surface area contributed by atoms with E-state index >= 15 is 0 Å². The number of H-pyrrole nitrogens is 4. The highest BCUT2D eigenvalue weighted by Gasteiger charge is 2.25. The summed E-state index contributed by atoms with van der Waals surface area (Å²) in [5, 5.41) is 19.6. The van der Waals surface area contributed by atoms with E-state index in [4.69, 9.17) is 122 Å². The predicted molar refractivity (Wildman–Crippen MR) is 474 cm³/mol. The van der Waals surface area contributed by atoms with E-state index in [1.807, 2.05) is 110 Å². The molecule has 0 aliphatic carbocycles. The van der Waals surface area contributed by atoms with Crippen molar-refractivity contribution >= 4 is 102 Å². The van der Waals surface area contributed by atoms with Gasteiger partial charge in [0.15, 0.2) is 5.16 Å². The molecule has 12 aromatic rings. The van der Waals surface area contributed by atoms with Gasteiger partial charge in [0.2, 0.25) is 17.6 Å². The van der Waals surface area contributed by atoms with Crippen LogP contribution in [0.4, 0.5) is 0 Å². The molecule has 33 nitrogen and oxygen atoms in total. The molecule has 0 radical (unpaired) electrons. The van der Waals surface area contributed by atoms with Crippen LogP contribution in [0.3, 0.4) is 0 Å². The molecule has 123 heavy (non-hydrogen) atoms. The van der Waals surface area contributed by atoms with E-state index in [1.165, 1.54) is 18.1 Å². The summed E-state index contributed by atoms with van der Waals surface area (Å²) < 4.78 is 86.5. The smallest absolute Gasteiger partial charge is 0.342 e. The number of aromatic nitrogens is 14. The molecular formula is C85H108Cl4N18O15S. The standard InChI is InChI=1S/C21H26ClN5O4.C21H25ClN4O4.C21H25ClN4O3S.C20H24ClN5O4.2CH4/c1-13(2)30-17-12-18(31-21-23-14(3)25-26-21)24-20-15(17)4-5-16(19(20)22)29-11-8-27-6-9-28-10-7-27;2*1-14(2)29-17-13-18(30-21-23-5-6-24-21)25-20-15(17)3-4-16(19(20)22)28-12-9-26-7-10-27-11-8-26;1-13(2)29-16-11-17(30-20-22-12-23-25-20)24-19-14(16)3-4-15(18(19)21)28-10-7-26-5-8-27-9-6-26;;/h4-5,12-13H,6-11H2,1-3H3,(H,23,25,26);2*3-6,13-14H,7-12H2,1-2H3,(H,23,24);3-4,11-13H,5-10H2,1-2H3,(H,22,23,25);2*1H4. The molecule has 4 saturated heterocycles. The fourth-order valence-electron chi connectivity index (χ4n) is 12.9. The Hall–Kier alpha value is -9.79. The fourth-order valence-corrected chi connectivity index (χ4v) is 14.6. The van der Waals surface area contributed by atoms with Crippen molar-refractivity contribution in [3.05, 3.63) is 130 Å². The molecule has 4 aliphatic heterocycles. The zero-order valence-electron chi connectivity index (χ0n) is 68.9. The molecule has 4 aliphatic rings. The summed E-state index contributed by atoms with van der Waals surface area (Å²) in [6, 6.07) is 22.9. The predicted octanol–water partition coefficient (Wildman–Crippen LogP) is 16.3. The van der Waals surface area contributed by atoms with Crippen LogP contribution < -0.4 is 52.1 Å². The maximum absolute atomic E-state index is 6.72. The highest BCUT2D eigenvalue weighted by molar-refractivity contribution is 7.99. The maximum Gasteiger partial charge on any atom is 0.342 e. The quantitative estimate of drug-likeness (QED) is 0.0304. The summed E-state index contributed by atoms with van der Waals surface area (Å²) in [5.74, 6) is 6.50. The van der Waals surface area contributed by atoms with Gasteiger partial charge in [-0.25, -0.2) is 35.0 Å². The van der Waals surface area contributed by atoms with Gasteiger partial charge in [-0.1, -0.05) is 61.3 Å². The van der Waals surface area contributed by atoms with Gasteiger partial charge in [0.25, 0.3) is 6.01 Å². The number of aromatic amines is 4. The molecule has 4 fully saturated rings. The Morgan fingerprint density at radius 1 is 0.398 bits per heavy atom. The van der Waals surface area contributed by atoms with Gasteiger partial charge in [-0.2, -0.15) is 15.1 Å². The number of imidazole rings is 2. The zero-order chi connectivity index (χ0) is 84.6. The van der Waals surface area contributed by atoms with Crippen LogP contribution in [0.1, 0.15) is 76.1 Å². The fraction of sp³-hybridized carbons (Fsp3) is 0.459. The number of benzene rings is 4. The molecule has 0 bridgehead atoms. The molecule has 0 saturated carbocycles. The first-order valence-electron chi connectivity index (χ1n) is 40.1. The topological polar surface area (TPSA) is 343 Å². The molecule has 8 aromatic heterocycles. The lowest BCUT2D eigenvalue weighted by Gasteiger charge is -2.26. The minimum absolute atomic E-state index is 0. The number of ether oxygens (including phenoxy) is 15. The third kappa shape index (κ3) is 27.1. The highest BCUT2D eigenvalue weighted by atomic mass is 35.5. The van der Waals surface area contributed by atoms with Crippen molar-refractivity contribution in [1.29, 1.82) is 0 Å². The van der Waals surface area contributed by atoms with Crippen molar-refractivity contribution in [3.63, 3.8) is 0 Å². The average Bonchev–Trinajstić information content (AvgIpc) is 1.57. The van der Waals surface area contributed by atoms with E-state index in [1.54, 1.807) is 49.9 Å². The minimum Gasteiger partial charge on any atom is -0.491 e. The van der Waals surface area contributed by atoms with Crippen LogP contribution in [0.25, 0.3) is 43.6 Å². The number of morpholine rings is 4. The minimum atomic E-state index is -0.0348. The van der Waals surface area contributed by atoms with Crippen LogP contribution in [0.2, 0.25) is 20.1 Å². The first-order chi connectivity index (χ1) is 58.8. The van der Waals surface area contributed by atoms with E-state index in [0.717, 1.165) is 169 Å². The molecule has 16 rings (SSSR count). The number of hydrogen-bond donors (Lipinski definition) is 4. The average molecular weight is 1800 g/mol. The summed E-state index contributed by atoms with van der Waals surface area (Å²) in [7, 11) is 0. The van der Waals surface area contributed by atoms with Crippen LogP contribution in [-0.2, 0) is 18.9 Å². The Bertz CT molecular complexity index is 4880. The molecule has 0 unspecified atom stereocenters. The van der Waals surface area contributed by atoms with Gasteiger partial charge in [0.05, 0.1) is 82.8 Å². The van der Waals surface area contributed by atoms with E-state index in [9.17, 15) is 0 Å². The van der Waals surface area contributed by atoms with Crippen molar-refractivity contribution in [2.75, 3.05) is 158 Å². The van der Waals surface area contributed by atoms with Gasteiger partial charge in [-0.05, 0) is 123 Å². The molecule has 662 valence electrons. The summed E-state index contributed by atoms with van der Waals surface area (Å²) in [5.41, 5.74) is 2.28. The van der Waals surface area contributed by atoms with Gasteiger partial charge in [-0.15, -0.1) is 5.10 Å². The molecule has 0 amide bonds. The summed E-state index contributed by atoms with van der Waals surface area (Å²) in [6.07, 6.45) is 8.07. The van der Waals surface area contributed by atoms with E-state index < -0.39 is 0 Å². The SMILES string of the molecule is C.C.CC(C)Oc1cc(Oc2ncc[nH]2)nc2c(Cl)c(OCCN3CCOCC3)ccc12.CC(C)Oc1cc(Oc2ncn[nH]2)nc2c(Cl)c(OCCN3CCOCC3)ccc12.CC(C)Oc1cc(Sc2ncc[nH]2)nc2c(Cl)c(OCCN3CCOCC3)ccc12.Cc1nc(Oc2cc(OC(C)C)c3ccc(OCCN4CCOCC4)c(Cl)c3n2)n[nH]1. The second kappa shape index (κ2) is 46.8. The molecule has 4 aromatic carbocycles. The van der Waals surface area contributed by atoms with Crippen molar-refractivity contribution in [2.24, 2.45) is 0 Å². The number of pyridine rings is 4. The first kappa shape index (κ1) is 93.9. The number of nitrogens with one attached hydrogen (secondary N) is 4. The number of nitrogens with zero attached hydrogens (tertiary/aromatic N) is 14. The van der Waals surface area contributed by atoms with Crippen LogP contribution in [-0.4, -0.2) is 272 Å². The van der Waals surface area contributed by atoms with Crippen LogP contribution in [0.15, 0.2) is 114 Å². The van der Waals surface area contributed by atoms with Crippen LogP contribution in [0, 0.1) is 6.92 Å². The van der Waals surface area contributed by atoms with Gasteiger partial charge in [0, 0.05) is 149 Å². The molecule has 0 atom stereocenters. The zero-order valence-corrected chi connectivity index (χ0v) is 72.7. The number of aryl methyl sites for hydroxylation is 1. The van der Waals surface area contributed by atoms with Crippen LogP contribution in [0.5, 0.6) is 81.7 Å². The Morgan fingerprint density at radius 2 is 0.748 bits per heavy atom. The lowest BCUT2D eigenvalue weighted by molar-refractivity contribution is 0.0322. The Kier molecular flexibility index (Phi) is 35.7. The monoisotopic (exact) mass is 1790 g/mol. The Labute approximate surface area is 739 Å². The summed E-state index contributed by atoms with van der Waals surface area (Å²) in [6.45, 7) is 36.3. The van der Waals surface area contributed by atoms with Gasteiger partial charge in [-0.3, -0.25) is 24.7 Å². The number of halogens is 4. The van der Waals surface area contributed by atoms with Crippen molar-refractivity contribution in [2.45, 2.75) is 112 Å².